The zero-order valence-electron chi connectivity index (χ0n) is 16.8. The van der Waals surface area contributed by atoms with Crippen LogP contribution in [0.4, 0.5) is 0 Å². The van der Waals surface area contributed by atoms with Crippen LogP contribution in [0.2, 0.25) is 0 Å². The molecule has 0 aromatic heterocycles. The highest BCUT2D eigenvalue weighted by molar-refractivity contribution is 5.93. The summed E-state index contributed by atoms with van der Waals surface area (Å²) in [6.07, 6.45) is 0.350. The highest BCUT2D eigenvalue weighted by atomic mass is 16.4. The second kappa shape index (κ2) is 11.8. The molecule has 0 fully saturated rings. The van der Waals surface area contributed by atoms with Crippen molar-refractivity contribution in [3.8, 4) is 0 Å². The molecular formula is C20H29N3O6. The summed E-state index contributed by atoms with van der Waals surface area (Å²) in [5, 5.41) is 26.0. The maximum Gasteiger partial charge on any atom is 0.326 e. The van der Waals surface area contributed by atoms with Gasteiger partial charge < -0.3 is 26.2 Å². The van der Waals surface area contributed by atoms with Crippen LogP contribution < -0.4 is 16.0 Å². The first kappa shape index (κ1) is 24.1. The standard InChI is InChI=1S/C20H29N3O6/c1-12(2)9-16(20(28)29)23-18(26)15(10-14-7-5-4-6-8-14)22-19(27)17(11-24)21-13(3)25/h4-8,12,15-17,24H,9-11H2,1-3H3,(H,21,25)(H,22,27)(H,23,26)(H,28,29)/t15-,16-,17-/m0/s1. The van der Waals surface area contributed by atoms with Crippen LogP contribution >= 0.6 is 0 Å². The molecule has 3 atom stereocenters. The Morgan fingerprint density at radius 1 is 0.897 bits per heavy atom. The molecule has 1 aromatic rings. The number of carboxylic acid groups (broad SMARTS) is 1. The summed E-state index contributed by atoms with van der Waals surface area (Å²) in [5.74, 6) is -3.03. The van der Waals surface area contributed by atoms with E-state index in [0.29, 0.717) is 0 Å². The van der Waals surface area contributed by atoms with Crippen LogP contribution in [0.25, 0.3) is 0 Å². The van der Waals surface area contributed by atoms with Crippen molar-refractivity contribution < 1.29 is 29.4 Å². The summed E-state index contributed by atoms with van der Waals surface area (Å²) in [6.45, 7) is 4.23. The van der Waals surface area contributed by atoms with Crippen LogP contribution in [0.5, 0.6) is 0 Å². The number of nitrogens with one attached hydrogen (secondary N) is 3. The van der Waals surface area contributed by atoms with E-state index in [1.165, 1.54) is 6.92 Å². The maximum atomic E-state index is 12.8. The van der Waals surface area contributed by atoms with E-state index in [-0.39, 0.29) is 18.8 Å². The van der Waals surface area contributed by atoms with Gasteiger partial charge in [-0.1, -0.05) is 44.2 Å². The molecule has 0 aliphatic carbocycles. The molecule has 0 spiro atoms. The Kier molecular flexibility index (Phi) is 9.81. The van der Waals surface area contributed by atoms with Gasteiger partial charge in [-0.05, 0) is 17.9 Å². The summed E-state index contributed by atoms with van der Waals surface area (Å²) < 4.78 is 0. The van der Waals surface area contributed by atoms with E-state index in [1.54, 1.807) is 30.3 Å². The summed E-state index contributed by atoms with van der Waals surface area (Å²) in [7, 11) is 0. The predicted octanol–water partition coefficient (Wildman–Crippen LogP) is -0.174. The fourth-order valence-electron chi connectivity index (χ4n) is 2.74. The number of aliphatic carboxylic acids is 1. The van der Waals surface area contributed by atoms with Crippen molar-refractivity contribution in [2.75, 3.05) is 6.61 Å². The molecule has 0 heterocycles. The van der Waals surface area contributed by atoms with Crippen molar-refractivity contribution in [1.29, 1.82) is 0 Å². The maximum absolute atomic E-state index is 12.8. The Hall–Kier alpha value is -2.94. The van der Waals surface area contributed by atoms with E-state index >= 15 is 0 Å². The molecule has 0 saturated carbocycles. The van der Waals surface area contributed by atoms with Crippen LogP contribution in [-0.2, 0) is 25.6 Å². The lowest BCUT2D eigenvalue weighted by atomic mass is 10.0. The van der Waals surface area contributed by atoms with Gasteiger partial charge in [-0.25, -0.2) is 4.79 Å². The summed E-state index contributed by atoms with van der Waals surface area (Å²) in [6, 6.07) is 5.50. The number of aliphatic hydroxyl groups is 1. The normalized spacial score (nSPS) is 13.8. The lowest BCUT2D eigenvalue weighted by Gasteiger charge is -2.24. The summed E-state index contributed by atoms with van der Waals surface area (Å²) in [4.78, 5) is 47.9. The average molecular weight is 407 g/mol. The van der Waals surface area contributed by atoms with Crippen LogP contribution in [-0.4, -0.2) is 58.6 Å². The van der Waals surface area contributed by atoms with Gasteiger partial charge in [-0.3, -0.25) is 14.4 Å². The van der Waals surface area contributed by atoms with Gasteiger partial charge in [0, 0.05) is 13.3 Å². The average Bonchev–Trinajstić information content (AvgIpc) is 2.65. The quantitative estimate of drug-likeness (QED) is 0.344. The largest absolute Gasteiger partial charge is 0.480 e. The highest BCUT2D eigenvalue weighted by Gasteiger charge is 2.29. The van der Waals surface area contributed by atoms with E-state index in [2.05, 4.69) is 16.0 Å². The van der Waals surface area contributed by atoms with Crippen molar-refractivity contribution in [2.45, 2.75) is 51.7 Å². The first-order valence-corrected chi connectivity index (χ1v) is 9.39. The van der Waals surface area contributed by atoms with Gasteiger partial charge in [0.15, 0.2) is 0 Å². The Morgan fingerprint density at radius 2 is 1.45 bits per heavy atom. The van der Waals surface area contributed by atoms with E-state index in [4.69, 9.17) is 0 Å². The SMILES string of the molecule is CC(=O)N[C@@H](CO)C(=O)N[C@@H](Cc1ccccc1)C(=O)N[C@@H](CC(C)C)C(=O)O. The van der Waals surface area contributed by atoms with Gasteiger partial charge >= 0.3 is 5.97 Å². The molecule has 29 heavy (non-hydrogen) atoms. The zero-order chi connectivity index (χ0) is 22.0. The number of carbonyl (C=O) groups is 4. The molecule has 9 heteroatoms. The van der Waals surface area contributed by atoms with Crippen molar-refractivity contribution in [3.63, 3.8) is 0 Å². The predicted molar refractivity (Wildman–Crippen MR) is 106 cm³/mol. The first-order valence-electron chi connectivity index (χ1n) is 9.39. The summed E-state index contributed by atoms with van der Waals surface area (Å²) in [5.41, 5.74) is 0.753. The number of aliphatic hydroxyl groups excluding tert-OH is 1. The van der Waals surface area contributed by atoms with Crippen LogP contribution in [0.1, 0.15) is 32.8 Å². The molecule has 3 amide bonds. The Labute approximate surface area is 169 Å². The van der Waals surface area contributed by atoms with E-state index in [1.807, 2.05) is 13.8 Å². The highest BCUT2D eigenvalue weighted by Crippen LogP contribution is 2.08. The molecule has 0 bridgehead atoms. The minimum atomic E-state index is -1.22. The number of amides is 3. The summed E-state index contributed by atoms with van der Waals surface area (Å²) >= 11 is 0. The van der Waals surface area contributed by atoms with Crippen LogP contribution in [0, 0.1) is 5.92 Å². The minimum Gasteiger partial charge on any atom is -0.480 e. The lowest BCUT2D eigenvalue weighted by Crippen LogP contribution is -2.57. The topological polar surface area (TPSA) is 145 Å². The molecule has 0 unspecified atom stereocenters. The van der Waals surface area contributed by atoms with Gasteiger partial charge in [-0.15, -0.1) is 0 Å². The molecule has 1 aromatic carbocycles. The Morgan fingerprint density at radius 3 is 1.93 bits per heavy atom. The number of carboxylic acids is 1. The fourth-order valence-corrected chi connectivity index (χ4v) is 2.74. The molecule has 5 N–H and O–H groups in total. The zero-order valence-corrected chi connectivity index (χ0v) is 16.8. The van der Waals surface area contributed by atoms with Crippen LogP contribution in [0.15, 0.2) is 30.3 Å². The van der Waals surface area contributed by atoms with Gasteiger partial charge in [0.05, 0.1) is 6.61 Å². The van der Waals surface area contributed by atoms with E-state index in [0.717, 1.165) is 5.56 Å². The number of hydrogen-bond acceptors (Lipinski definition) is 5. The van der Waals surface area contributed by atoms with Gasteiger partial charge in [0.2, 0.25) is 17.7 Å². The number of rotatable bonds is 11. The second-order valence-electron chi connectivity index (χ2n) is 7.22. The lowest BCUT2D eigenvalue weighted by molar-refractivity contribution is -0.142. The van der Waals surface area contributed by atoms with Crippen LogP contribution in [0.3, 0.4) is 0 Å². The minimum absolute atomic E-state index is 0.0390. The van der Waals surface area contributed by atoms with Crippen molar-refractivity contribution in [2.24, 2.45) is 5.92 Å². The molecule has 0 aliphatic heterocycles. The van der Waals surface area contributed by atoms with Gasteiger partial charge in [-0.2, -0.15) is 0 Å². The monoisotopic (exact) mass is 407 g/mol. The van der Waals surface area contributed by atoms with Crippen molar-refractivity contribution in [1.82, 2.24) is 16.0 Å². The Balaban J connectivity index is 3.00. The Bertz CT molecular complexity index is 707. The molecule has 0 radical (unpaired) electrons. The third-order valence-corrected chi connectivity index (χ3v) is 4.11. The molecule has 0 aliphatic rings. The number of hydrogen-bond donors (Lipinski definition) is 5. The van der Waals surface area contributed by atoms with E-state index < -0.39 is 48.4 Å². The van der Waals surface area contributed by atoms with Crippen molar-refractivity contribution >= 4 is 23.7 Å². The molecular weight excluding hydrogens is 378 g/mol. The van der Waals surface area contributed by atoms with E-state index in [9.17, 15) is 29.4 Å². The molecule has 1 rings (SSSR count). The second-order valence-corrected chi connectivity index (χ2v) is 7.22. The fraction of sp³-hybridized carbons (Fsp3) is 0.500. The third kappa shape index (κ3) is 8.73. The molecule has 9 nitrogen and oxygen atoms in total. The first-order chi connectivity index (χ1) is 13.6. The van der Waals surface area contributed by atoms with Crippen molar-refractivity contribution in [3.05, 3.63) is 35.9 Å². The van der Waals surface area contributed by atoms with Gasteiger partial charge in [0.1, 0.15) is 18.1 Å². The van der Waals surface area contributed by atoms with Gasteiger partial charge in [0.25, 0.3) is 0 Å². The third-order valence-electron chi connectivity index (χ3n) is 4.11. The number of carbonyl (C=O) groups excluding carboxylic acids is 3. The number of benzene rings is 1. The molecule has 0 saturated heterocycles. The smallest absolute Gasteiger partial charge is 0.326 e. The molecule has 160 valence electrons.